The molecule has 0 aromatic heterocycles. The lowest BCUT2D eigenvalue weighted by Gasteiger charge is -2.15. The van der Waals surface area contributed by atoms with Crippen molar-refractivity contribution in [3.63, 3.8) is 0 Å². The van der Waals surface area contributed by atoms with Crippen LogP contribution in [0.15, 0.2) is 12.1 Å². The molecule has 1 atom stereocenters. The maximum atomic E-state index is 12.1. The zero-order valence-corrected chi connectivity index (χ0v) is 12.2. The number of aliphatic hydroxyl groups is 1. The van der Waals surface area contributed by atoms with Gasteiger partial charge in [-0.3, -0.25) is 4.79 Å². The summed E-state index contributed by atoms with van der Waals surface area (Å²) in [4.78, 5) is 23.1. The first-order valence-corrected chi connectivity index (χ1v) is 6.31. The number of carboxylic acid groups (broad SMARTS) is 1. The number of hydrogen-bond acceptors (Lipinski definition) is 5. The van der Waals surface area contributed by atoms with Gasteiger partial charge in [0, 0.05) is 24.2 Å². The normalized spacial score (nSPS) is 11.6. The first-order chi connectivity index (χ1) is 9.94. The minimum Gasteiger partial charge on any atom is -0.496 e. The van der Waals surface area contributed by atoms with Gasteiger partial charge in [0.05, 0.1) is 14.2 Å². The number of nitrogens with one attached hydrogen (secondary N) is 1. The molecule has 0 radical (unpaired) electrons. The molecular formula is C14H19NO6. The van der Waals surface area contributed by atoms with Gasteiger partial charge in [-0.25, -0.2) is 4.79 Å². The van der Waals surface area contributed by atoms with E-state index in [0.29, 0.717) is 11.5 Å². The maximum Gasteiger partial charge on any atom is 0.326 e. The quantitative estimate of drug-likeness (QED) is 0.680. The van der Waals surface area contributed by atoms with Crippen LogP contribution >= 0.6 is 0 Å². The third-order valence-corrected chi connectivity index (χ3v) is 3.04. The van der Waals surface area contributed by atoms with Crippen LogP contribution in [0.1, 0.15) is 22.3 Å². The van der Waals surface area contributed by atoms with Crippen LogP contribution in [0.5, 0.6) is 11.5 Å². The molecule has 21 heavy (non-hydrogen) atoms. The van der Waals surface area contributed by atoms with Gasteiger partial charge in [-0.05, 0) is 19.1 Å². The number of rotatable bonds is 7. The van der Waals surface area contributed by atoms with Crippen LogP contribution < -0.4 is 14.8 Å². The molecule has 1 rings (SSSR count). The van der Waals surface area contributed by atoms with Crippen LogP contribution in [0, 0.1) is 6.92 Å². The average molecular weight is 297 g/mol. The molecule has 1 aromatic rings. The van der Waals surface area contributed by atoms with Crippen LogP contribution in [0.25, 0.3) is 0 Å². The number of benzene rings is 1. The van der Waals surface area contributed by atoms with E-state index in [9.17, 15) is 9.59 Å². The van der Waals surface area contributed by atoms with Crippen molar-refractivity contribution >= 4 is 11.9 Å². The molecule has 0 saturated heterocycles. The van der Waals surface area contributed by atoms with Gasteiger partial charge in [-0.2, -0.15) is 0 Å². The van der Waals surface area contributed by atoms with Crippen LogP contribution in [0.4, 0.5) is 0 Å². The van der Waals surface area contributed by atoms with Crippen molar-refractivity contribution in [1.82, 2.24) is 5.32 Å². The Balaban J connectivity index is 3.04. The van der Waals surface area contributed by atoms with Crippen LogP contribution in [0.2, 0.25) is 0 Å². The third-order valence-electron chi connectivity index (χ3n) is 3.04. The first kappa shape index (κ1) is 16.8. The highest BCUT2D eigenvalue weighted by Crippen LogP contribution is 2.29. The number of carboxylic acids is 1. The third kappa shape index (κ3) is 4.09. The van der Waals surface area contributed by atoms with E-state index in [-0.39, 0.29) is 18.6 Å². The smallest absolute Gasteiger partial charge is 0.326 e. The number of carbonyl (C=O) groups excluding carboxylic acids is 1. The van der Waals surface area contributed by atoms with Crippen LogP contribution in [0.3, 0.4) is 0 Å². The molecule has 0 bridgehead atoms. The number of ether oxygens (including phenoxy) is 2. The summed E-state index contributed by atoms with van der Waals surface area (Å²) in [6, 6.07) is 1.86. The van der Waals surface area contributed by atoms with Gasteiger partial charge in [0.25, 0.3) is 5.91 Å². The standard InChI is InChI=1S/C14H19NO6/c1-8-11(20-2)6-9(7-12(8)21-3)13(17)15-10(4-5-16)14(18)19/h6-7,10,16H,4-5H2,1-3H3,(H,15,17)(H,18,19)/t10-/m1/s1. The molecule has 1 amide bonds. The van der Waals surface area contributed by atoms with Crippen molar-refractivity contribution in [2.24, 2.45) is 0 Å². The highest BCUT2D eigenvalue weighted by molar-refractivity contribution is 5.97. The second-order valence-corrected chi connectivity index (χ2v) is 4.38. The summed E-state index contributed by atoms with van der Waals surface area (Å²) in [5.41, 5.74) is 0.959. The molecule has 0 aliphatic carbocycles. The van der Waals surface area contributed by atoms with E-state index in [1.54, 1.807) is 6.92 Å². The molecule has 1 aromatic carbocycles. The van der Waals surface area contributed by atoms with Crippen LogP contribution in [-0.4, -0.2) is 49.0 Å². The van der Waals surface area contributed by atoms with Crippen molar-refractivity contribution in [2.45, 2.75) is 19.4 Å². The topological polar surface area (TPSA) is 105 Å². The summed E-state index contributed by atoms with van der Waals surface area (Å²) in [7, 11) is 2.94. The Bertz CT molecular complexity index is 503. The molecule has 0 heterocycles. The molecule has 7 heteroatoms. The Hall–Kier alpha value is -2.28. The summed E-state index contributed by atoms with van der Waals surface area (Å²) < 4.78 is 10.3. The fourth-order valence-electron chi connectivity index (χ4n) is 1.85. The fourth-order valence-corrected chi connectivity index (χ4v) is 1.85. The van der Waals surface area contributed by atoms with Crippen molar-refractivity contribution in [2.75, 3.05) is 20.8 Å². The van der Waals surface area contributed by atoms with E-state index in [1.165, 1.54) is 26.4 Å². The lowest BCUT2D eigenvalue weighted by molar-refractivity contribution is -0.139. The number of aliphatic hydroxyl groups excluding tert-OH is 1. The van der Waals surface area contributed by atoms with E-state index < -0.39 is 17.9 Å². The molecule has 116 valence electrons. The number of amides is 1. The molecule has 7 nitrogen and oxygen atoms in total. The van der Waals surface area contributed by atoms with Crippen molar-refractivity contribution in [3.05, 3.63) is 23.3 Å². The van der Waals surface area contributed by atoms with Gasteiger partial charge >= 0.3 is 5.97 Å². The summed E-state index contributed by atoms with van der Waals surface area (Å²) in [5, 5.41) is 20.1. The van der Waals surface area contributed by atoms with E-state index in [2.05, 4.69) is 5.32 Å². The Morgan fingerprint density at radius 2 is 1.76 bits per heavy atom. The number of carbonyl (C=O) groups is 2. The van der Waals surface area contributed by atoms with Gasteiger partial charge in [0.1, 0.15) is 17.5 Å². The first-order valence-electron chi connectivity index (χ1n) is 6.31. The lowest BCUT2D eigenvalue weighted by Crippen LogP contribution is -2.41. The summed E-state index contributed by atoms with van der Waals surface area (Å²) >= 11 is 0. The molecule has 0 unspecified atom stereocenters. The minimum absolute atomic E-state index is 0.0682. The zero-order valence-electron chi connectivity index (χ0n) is 12.2. The number of methoxy groups -OCH3 is 2. The van der Waals surface area contributed by atoms with Crippen molar-refractivity contribution in [1.29, 1.82) is 0 Å². The Kier molecular flexibility index (Phi) is 5.98. The minimum atomic E-state index is -1.21. The highest BCUT2D eigenvalue weighted by atomic mass is 16.5. The Morgan fingerprint density at radius 3 is 2.14 bits per heavy atom. The zero-order chi connectivity index (χ0) is 16.0. The number of aliphatic carboxylic acids is 1. The summed E-state index contributed by atoms with van der Waals surface area (Å²) in [6.07, 6.45) is -0.0682. The predicted octanol–water partition coefficient (Wildman–Crippen LogP) is 0.578. The largest absolute Gasteiger partial charge is 0.496 e. The Morgan fingerprint density at radius 1 is 1.24 bits per heavy atom. The number of hydrogen-bond donors (Lipinski definition) is 3. The highest BCUT2D eigenvalue weighted by Gasteiger charge is 2.21. The SMILES string of the molecule is COc1cc(C(=O)N[C@H](CCO)C(=O)O)cc(OC)c1C. The lowest BCUT2D eigenvalue weighted by atomic mass is 10.1. The monoisotopic (exact) mass is 297 g/mol. The summed E-state index contributed by atoms with van der Waals surface area (Å²) in [5.74, 6) is -0.849. The Labute approximate surface area is 122 Å². The predicted molar refractivity (Wildman–Crippen MR) is 74.9 cm³/mol. The van der Waals surface area contributed by atoms with E-state index >= 15 is 0 Å². The molecule has 0 aliphatic heterocycles. The molecule has 0 saturated carbocycles. The molecule has 0 fully saturated rings. The van der Waals surface area contributed by atoms with Crippen molar-refractivity contribution in [3.8, 4) is 11.5 Å². The molecule has 0 spiro atoms. The van der Waals surface area contributed by atoms with E-state index in [0.717, 1.165) is 5.56 Å². The second kappa shape index (κ2) is 7.49. The average Bonchev–Trinajstić information content (AvgIpc) is 2.46. The molecule has 0 aliphatic rings. The van der Waals surface area contributed by atoms with Gasteiger partial charge < -0.3 is 25.0 Å². The van der Waals surface area contributed by atoms with E-state index in [4.69, 9.17) is 19.7 Å². The van der Waals surface area contributed by atoms with Crippen LogP contribution in [-0.2, 0) is 4.79 Å². The summed E-state index contributed by atoms with van der Waals surface area (Å²) in [6.45, 7) is 1.45. The molecular weight excluding hydrogens is 278 g/mol. The van der Waals surface area contributed by atoms with Gasteiger partial charge in [-0.1, -0.05) is 0 Å². The van der Waals surface area contributed by atoms with Gasteiger partial charge in [-0.15, -0.1) is 0 Å². The van der Waals surface area contributed by atoms with Crippen molar-refractivity contribution < 1.29 is 29.3 Å². The second-order valence-electron chi connectivity index (χ2n) is 4.38. The molecule has 3 N–H and O–H groups in total. The fraction of sp³-hybridized carbons (Fsp3) is 0.429. The maximum absolute atomic E-state index is 12.1. The van der Waals surface area contributed by atoms with Gasteiger partial charge in [0.15, 0.2) is 0 Å². The van der Waals surface area contributed by atoms with E-state index in [1.807, 2.05) is 0 Å². The van der Waals surface area contributed by atoms with Gasteiger partial charge in [0.2, 0.25) is 0 Å².